The van der Waals surface area contributed by atoms with Crippen molar-refractivity contribution in [1.29, 1.82) is 0 Å². The lowest BCUT2D eigenvalue weighted by Gasteiger charge is -2.12. The summed E-state index contributed by atoms with van der Waals surface area (Å²) in [6, 6.07) is 12.5. The summed E-state index contributed by atoms with van der Waals surface area (Å²) in [7, 11) is 0. The second-order valence-corrected chi connectivity index (χ2v) is 6.82. The molecule has 3 N–H and O–H groups in total. The van der Waals surface area contributed by atoms with Crippen LogP contribution in [0.15, 0.2) is 42.5 Å². The maximum Gasteiger partial charge on any atom is 0.251 e. The van der Waals surface area contributed by atoms with E-state index < -0.39 is 0 Å². The molecule has 1 saturated carbocycles. The van der Waals surface area contributed by atoms with E-state index in [9.17, 15) is 14.4 Å². The quantitative estimate of drug-likeness (QED) is 0.658. The van der Waals surface area contributed by atoms with E-state index in [1.165, 1.54) is 6.92 Å². The van der Waals surface area contributed by atoms with Crippen LogP contribution in [0.25, 0.3) is 0 Å². The summed E-state index contributed by atoms with van der Waals surface area (Å²) in [5, 5.41) is 8.80. The lowest BCUT2D eigenvalue weighted by molar-refractivity contribution is -0.114. The van der Waals surface area contributed by atoms with Gasteiger partial charge in [0.05, 0.1) is 6.54 Å². The smallest absolute Gasteiger partial charge is 0.251 e. The summed E-state index contributed by atoms with van der Waals surface area (Å²) in [5.41, 5.74) is 3.38. The van der Waals surface area contributed by atoms with Crippen LogP contribution in [0.4, 0.5) is 11.4 Å². The Morgan fingerprint density at radius 3 is 2.52 bits per heavy atom. The molecule has 2 aromatic rings. The number of nitrogens with one attached hydrogen (secondary N) is 3. The molecule has 0 aliphatic heterocycles. The van der Waals surface area contributed by atoms with Gasteiger partial charge in [-0.05, 0) is 56.5 Å². The van der Waals surface area contributed by atoms with Gasteiger partial charge in [0.15, 0.2) is 5.78 Å². The maximum atomic E-state index is 12.2. The summed E-state index contributed by atoms with van der Waals surface area (Å²) in [5.74, 6) is -0.380. The highest BCUT2D eigenvalue weighted by molar-refractivity contribution is 5.98. The van der Waals surface area contributed by atoms with Crippen molar-refractivity contribution in [3.8, 4) is 0 Å². The Bertz CT molecular complexity index is 888. The van der Waals surface area contributed by atoms with Gasteiger partial charge >= 0.3 is 0 Å². The Kier molecular flexibility index (Phi) is 5.54. The SMILES string of the molecule is CC(=O)c1cccc(NC(=O)CNc2cc(C(=O)NC3CC3)ccc2C)c1. The molecular formula is C21H23N3O3. The molecule has 6 nitrogen and oxygen atoms in total. The fourth-order valence-corrected chi connectivity index (χ4v) is 2.65. The molecule has 3 rings (SSSR count). The predicted molar refractivity (Wildman–Crippen MR) is 105 cm³/mol. The van der Waals surface area contributed by atoms with E-state index in [0.717, 1.165) is 24.1 Å². The number of anilines is 2. The van der Waals surface area contributed by atoms with Crippen molar-refractivity contribution >= 4 is 29.0 Å². The second-order valence-electron chi connectivity index (χ2n) is 6.82. The Labute approximate surface area is 158 Å². The third-order valence-corrected chi connectivity index (χ3v) is 4.40. The minimum Gasteiger partial charge on any atom is -0.376 e. The van der Waals surface area contributed by atoms with Crippen LogP contribution >= 0.6 is 0 Å². The van der Waals surface area contributed by atoms with Crippen molar-refractivity contribution < 1.29 is 14.4 Å². The minimum atomic E-state index is -0.233. The summed E-state index contributed by atoms with van der Waals surface area (Å²) in [6.45, 7) is 3.45. The van der Waals surface area contributed by atoms with Crippen molar-refractivity contribution in [2.45, 2.75) is 32.7 Å². The molecule has 140 valence electrons. The molecule has 0 atom stereocenters. The first-order valence-electron chi connectivity index (χ1n) is 8.98. The Morgan fingerprint density at radius 2 is 1.81 bits per heavy atom. The van der Waals surface area contributed by atoms with Gasteiger partial charge in [0.1, 0.15) is 0 Å². The second kappa shape index (κ2) is 8.03. The standard InChI is InChI=1S/C21H23N3O3/c1-13-6-7-16(21(27)24-17-8-9-17)11-19(13)22-12-20(26)23-18-5-3-4-15(10-18)14(2)25/h3-7,10-11,17,22H,8-9,12H2,1-2H3,(H,23,26)(H,24,27). The van der Waals surface area contributed by atoms with Crippen molar-refractivity contribution in [3.05, 3.63) is 59.2 Å². The van der Waals surface area contributed by atoms with Crippen molar-refractivity contribution in [2.24, 2.45) is 0 Å². The average Bonchev–Trinajstić information content (AvgIpc) is 3.45. The third-order valence-electron chi connectivity index (χ3n) is 4.40. The molecule has 0 aromatic heterocycles. The van der Waals surface area contributed by atoms with E-state index in [1.807, 2.05) is 13.0 Å². The molecule has 0 heterocycles. The van der Waals surface area contributed by atoms with E-state index in [1.54, 1.807) is 36.4 Å². The number of benzene rings is 2. The molecule has 0 radical (unpaired) electrons. The van der Waals surface area contributed by atoms with Gasteiger partial charge in [-0.15, -0.1) is 0 Å². The molecule has 6 heteroatoms. The molecule has 2 aromatic carbocycles. The summed E-state index contributed by atoms with van der Waals surface area (Å²) in [4.78, 5) is 35.8. The van der Waals surface area contributed by atoms with E-state index in [0.29, 0.717) is 22.9 Å². The molecule has 2 amide bonds. The lowest BCUT2D eigenvalue weighted by atomic mass is 10.1. The Hall–Kier alpha value is -3.15. The topological polar surface area (TPSA) is 87.3 Å². The van der Waals surface area contributed by atoms with Gasteiger partial charge in [-0.3, -0.25) is 14.4 Å². The predicted octanol–water partition coefficient (Wildman–Crippen LogP) is 3.14. The van der Waals surface area contributed by atoms with Gasteiger partial charge < -0.3 is 16.0 Å². The number of ketones is 1. The number of hydrogen-bond donors (Lipinski definition) is 3. The van der Waals surface area contributed by atoms with Gasteiger partial charge in [-0.25, -0.2) is 0 Å². The fraction of sp³-hybridized carbons (Fsp3) is 0.286. The minimum absolute atomic E-state index is 0.0544. The highest BCUT2D eigenvalue weighted by atomic mass is 16.2. The molecule has 0 saturated heterocycles. The first-order chi connectivity index (χ1) is 12.9. The molecule has 0 spiro atoms. The molecule has 0 unspecified atom stereocenters. The monoisotopic (exact) mass is 365 g/mol. The van der Waals surface area contributed by atoms with Crippen molar-refractivity contribution in [2.75, 3.05) is 17.2 Å². The van der Waals surface area contributed by atoms with E-state index in [4.69, 9.17) is 0 Å². The van der Waals surface area contributed by atoms with Gasteiger partial charge in [-0.2, -0.15) is 0 Å². The number of carbonyl (C=O) groups is 3. The van der Waals surface area contributed by atoms with Gasteiger partial charge in [0, 0.05) is 28.5 Å². The summed E-state index contributed by atoms with van der Waals surface area (Å²) < 4.78 is 0. The molecule has 27 heavy (non-hydrogen) atoms. The maximum absolute atomic E-state index is 12.2. The number of carbonyl (C=O) groups excluding carboxylic acids is 3. The van der Waals surface area contributed by atoms with Crippen molar-refractivity contribution in [3.63, 3.8) is 0 Å². The normalized spacial score (nSPS) is 13.0. The Morgan fingerprint density at radius 1 is 1.04 bits per heavy atom. The van der Waals surface area contributed by atoms with Crippen LogP contribution in [0, 0.1) is 6.92 Å². The fourth-order valence-electron chi connectivity index (χ4n) is 2.65. The van der Waals surface area contributed by atoms with E-state index in [2.05, 4.69) is 16.0 Å². The zero-order chi connectivity index (χ0) is 19.4. The van der Waals surface area contributed by atoms with Gasteiger partial charge in [0.2, 0.25) is 5.91 Å². The van der Waals surface area contributed by atoms with Gasteiger partial charge in [-0.1, -0.05) is 18.2 Å². The highest BCUT2D eigenvalue weighted by Crippen LogP contribution is 2.21. The lowest BCUT2D eigenvalue weighted by Crippen LogP contribution is -2.26. The van der Waals surface area contributed by atoms with Crippen LogP contribution in [0.1, 0.15) is 46.0 Å². The summed E-state index contributed by atoms with van der Waals surface area (Å²) in [6.07, 6.45) is 2.07. The van der Waals surface area contributed by atoms with Crippen LogP contribution in [0.2, 0.25) is 0 Å². The van der Waals surface area contributed by atoms with E-state index in [-0.39, 0.29) is 24.1 Å². The summed E-state index contributed by atoms with van der Waals surface area (Å²) >= 11 is 0. The van der Waals surface area contributed by atoms with Crippen molar-refractivity contribution in [1.82, 2.24) is 5.32 Å². The molecule has 1 aliphatic rings. The number of rotatable bonds is 7. The third kappa shape index (κ3) is 5.17. The zero-order valence-corrected chi connectivity index (χ0v) is 15.5. The average molecular weight is 365 g/mol. The number of hydrogen-bond acceptors (Lipinski definition) is 4. The number of amides is 2. The Balaban J connectivity index is 1.60. The van der Waals surface area contributed by atoms with Crippen LogP contribution in [0.3, 0.4) is 0 Å². The first kappa shape index (κ1) is 18.6. The largest absolute Gasteiger partial charge is 0.376 e. The van der Waals surface area contributed by atoms with Crippen LogP contribution in [-0.2, 0) is 4.79 Å². The van der Waals surface area contributed by atoms with Gasteiger partial charge in [0.25, 0.3) is 5.91 Å². The molecule has 0 bridgehead atoms. The van der Waals surface area contributed by atoms with Crippen LogP contribution in [-0.4, -0.2) is 30.2 Å². The molecular weight excluding hydrogens is 342 g/mol. The number of Topliss-reactive ketones (excluding diaryl/α,β-unsaturated/α-hetero) is 1. The number of aryl methyl sites for hydroxylation is 1. The van der Waals surface area contributed by atoms with E-state index >= 15 is 0 Å². The van der Waals surface area contributed by atoms with Crippen LogP contribution < -0.4 is 16.0 Å². The molecule has 1 aliphatic carbocycles. The zero-order valence-electron chi connectivity index (χ0n) is 15.5. The molecule has 1 fully saturated rings. The highest BCUT2D eigenvalue weighted by Gasteiger charge is 2.24. The van der Waals surface area contributed by atoms with Crippen LogP contribution in [0.5, 0.6) is 0 Å². The first-order valence-corrected chi connectivity index (χ1v) is 8.98.